The molecule has 0 unspecified atom stereocenters. The summed E-state index contributed by atoms with van der Waals surface area (Å²) < 4.78 is 0. The molecular weight excluding hydrogens is 204 g/mol. The minimum atomic E-state index is 0.0981. The Labute approximate surface area is 87.5 Å². The maximum Gasteiger partial charge on any atom is 0.164 e. The third kappa shape index (κ3) is 2.48. The van der Waals surface area contributed by atoms with Crippen LogP contribution in [0.1, 0.15) is 23.7 Å². The molecule has 0 atom stereocenters. The SMILES string of the molecule is CCC(=O)c1cc(SC)ccc1Cl. The van der Waals surface area contributed by atoms with E-state index in [2.05, 4.69) is 0 Å². The molecule has 1 aromatic carbocycles. The predicted octanol–water partition coefficient (Wildman–Crippen LogP) is 3.65. The lowest BCUT2D eigenvalue weighted by Gasteiger charge is -2.03. The van der Waals surface area contributed by atoms with Crippen molar-refractivity contribution >= 4 is 29.1 Å². The standard InChI is InChI=1S/C10H11ClOS/c1-3-10(12)8-6-7(13-2)4-5-9(8)11/h4-6H,3H2,1-2H3. The van der Waals surface area contributed by atoms with Crippen LogP contribution in [0.5, 0.6) is 0 Å². The lowest BCUT2D eigenvalue weighted by Crippen LogP contribution is -1.97. The van der Waals surface area contributed by atoms with E-state index in [1.807, 2.05) is 25.3 Å². The summed E-state index contributed by atoms with van der Waals surface area (Å²) in [6, 6.07) is 5.54. The highest BCUT2D eigenvalue weighted by Crippen LogP contribution is 2.23. The molecule has 1 rings (SSSR count). The molecule has 0 N–H and O–H groups in total. The van der Waals surface area contributed by atoms with Gasteiger partial charge in [-0.2, -0.15) is 0 Å². The van der Waals surface area contributed by atoms with Gasteiger partial charge in [-0.3, -0.25) is 4.79 Å². The van der Waals surface area contributed by atoms with Gasteiger partial charge in [0, 0.05) is 16.9 Å². The second-order valence-corrected chi connectivity index (χ2v) is 3.91. The van der Waals surface area contributed by atoms with Gasteiger partial charge in [0.2, 0.25) is 0 Å². The average molecular weight is 215 g/mol. The second kappa shape index (κ2) is 4.68. The fourth-order valence-electron chi connectivity index (χ4n) is 1.04. The Morgan fingerprint density at radius 2 is 2.23 bits per heavy atom. The minimum absolute atomic E-state index is 0.0981. The van der Waals surface area contributed by atoms with Gasteiger partial charge in [0.25, 0.3) is 0 Å². The van der Waals surface area contributed by atoms with Crippen LogP contribution in [0.15, 0.2) is 23.1 Å². The molecule has 0 radical (unpaired) electrons. The maximum absolute atomic E-state index is 11.4. The molecule has 70 valence electrons. The highest BCUT2D eigenvalue weighted by Gasteiger charge is 2.08. The summed E-state index contributed by atoms with van der Waals surface area (Å²) in [5.74, 6) is 0.0981. The molecule has 0 heterocycles. The summed E-state index contributed by atoms with van der Waals surface area (Å²) in [7, 11) is 0. The molecule has 0 fully saturated rings. The van der Waals surface area contributed by atoms with Gasteiger partial charge in [-0.15, -0.1) is 11.8 Å². The van der Waals surface area contributed by atoms with Gasteiger partial charge < -0.3 is 0 Å². The van der Waals surface area contributed by atoms with Crippen molar-refractivity contribution in [3.05, 3.63) is 28.8 Å². The Morgan fingerprint density at radius 3 is 2.77 bits per heavy atom. The van der Waals surface area contributed by atoms with E-state index in [0.29, 0.717) is 17.0 Å². The molecule has 1 nitrogen and oxygen atoms in total. The van der Waals surface area contributed by atoms with E-state index < -0.39 is 0 Å². The van der Waals surface area contributed by atoms with Crippen LogP contribution in [0, 0.1) is 0 Å². The summed E-state index contributed by atoms with van der Waals surface area (Å²) >= 11 is 7.51. The monoisotopic (exact) mass is 214 g/mol. The second-order valence-electron chi connectivity index (χ2n) is 2.62. The van der Waals surface area contributed by atoms with E-state index in [4.69, 9.17) is 11.6 Å². The largest absolute Gasteiger partial charge is 0.294 e. The van der Waals surface area contributed by atoms with Gasteiger partial charge in [-0.05, 0) is 24.5 Å². The maximum atomic E-state index is 11.4. The van der Waals surface area contributed by atoms with Crippen LogP contribution in [-0.4, -0.2) is 12.0 Å². The van der Waals surface area contributed by atoms with E-state index in [-0.39, 0.29) is 5.78 Å². The molecule has 0 saturated carbocycles. The van der Waals surface area contributed by atoms with E-state index >= 15 is 0 Å². The molecule has 0 amide bonds. The minimum Gasteiger partial charge on any atom is -0.294 e. The molecule has 1 aromatic rings. The zero-order valence-corrected chi connectivity index (χ0v) is 9.21. The topological polar surface area (TPSA) is 17.1 Å². The van der Waals surface area contributed by atoms with Crippen molar-refractivity contribution in [2.75, 3.05) is 6.26 Å². The summed E-state index contributed by atoms with van der Waals surface area (Å²) in [6.07, 6.45) is 2.47. The first-order valence-corrected chi connectivity index (χ1v) is 5.66. The molecule has 0 saturated heterocycles. The lowest BCUT2D eigenvalue weighted by atomic mass is 10.1. The van der Waals surface area contributed by atoms with Gasteiger partial charge in [-0.1, -0.05) is 18.5 Å². The molecule has 0 bridgehead atoms. The van der Waals surface area contributed by atoms with E-state index in [1.165, 1.54) is 0 Å². The van der Waals surface area contributed by atoms with Crippen molar-refractivity contribution in [3.63, 3.8) is 0 Å². The van der Waals surface area contributed by atoms with Crippen LogP contribution in [0.2, 0.25) is 5.02 Å². The summed E-state index contributed by atoms with van der Waals surface area (Å²) in [4.78, 5) is 12.5. The normalized spacial score (nSPS) is 10.1. The van der Waals surface area contributed by atoms with Crippen molar-refractivity contribution in [2.24, 2.45) is 0 Å². The van der Waals surface area contributed by atoms with Crippen LogP contribution in [0.4, 0.5) is 0 Å². The quantitative estimate of drug-likeness (QED) is 0.564. The van der Waals surface area contributed by atoms with E-state index in [0.717, 1.165) is 4.90 Å². The fourth-order valence-corrected chi connectivity index (χ4v) is 1.70. The van der Waals surface area contributed by atoms with Crippen molar-refractivity contribution in [3.8, 4) is 0 Å². The molecule has 0 aliphatic heterocycles. The molecule has 3 heteroatoms. The molecule has 13 heavy (non-hydrogen) atoms. The number of rotatable bonds is 3. The highest BCUT2D eigenvalue weighted by atomic mass is 35.5. The van der Waals surface area contributed by atoms with Crippen LogP contribution in [0.3, 0.4) is 0 Å². The summed E-state index contributed by atoms with van der Waals surface area (Å²) in [5.41, 5.74) is 0.635. The van der Waals surface area contributed by atoms with E-state index in [9.17, 15) is 4.79 Å². The Balaban J connectivity index is 3.11. The van der Waals surface area contributed by atoms with Gasteiger partial charge in [0.05, 0.1) is 5.02 Å². The molecule has 0 aromatic heterocycles. The van der Waals surface area contributed by atoms with Crippen molar-refractivity contribution in [1.82, 2.24) is 0 Å². The third-order valence-electron chi connectivity index (χ3n) is 1.80. The zero-order chi connectivity index (χ0) is 9.84. The smallest absolute Gasteiger partial charge is 0.164 e. The van der Waals surface area contributed by atoms with Gasteiger partial charge in [0.15, 0.2) is 5.78 Å². The molecule has 0 aliphatic rings. The molecular formula is C10H11ClOS. The lowest BCUT2D eigenvalue weighted by molar-refractivity contribution is 0.0988. The number of Topliss-reactive ketones (excluding diaryl/α,β-unsaturated/α-hetero) is 1. The average Bonchev–Trinajstić information content (AvgIpc) is 2.17. The van der Waals surface area contributed by atoms with Crippen LogP contribution in [-0.2, 0) is 0 Å². The van der Waals surface area contributed by atoms with Crippen molar-refractivity contribution in [2.45, 2.75) is 18.2 Å². The first-order valence-electron chi connectivity index (χ1n) is 4.05. The van der Waals surface area contributed by atoms with Crippen LogP contribution in [0.25, 0.3) is 0 Å². The Bertz CT molecular complexity index is 323. The number of benzene rings is 1. The Hall–Kier alpha value is -0.470. The number of carbonyl (C=O) groups is 1. The van der Waals surface area contributed by atoms with Gasteiger partial charge >= 0.3 is 0 Å². The Kier molecular flexibility index (Phi) is 3.82. The fraction of sp³-hybridized carbons (Fsp3) is 0.300. The van der Waals surface area contributed by atoms with Gasteiger partial charge in [-0.25, -0.2) is 0 Å². The van der Waals surface area contributed by atoms with Crippen molar-refractivity contribution in [1.29, 1.82) is 0 Å². The highest BCUT2D eigenvalue weighted by molar-refractivity contribution is 7.98. The summed E-state index contributed by atoms with van der Waals surface area (Å²) in [6.45, 7) is 1.84. The zero-order valence-electron chi connectivity index (χ0n) is 7.63. The molecule has 0 spiro atoms. The number of hydrogen-bond donors (Lipinski definition) is 0. The number of halogens is 1. The first-order chi connectivity index (χ1) is 6.19. The predicted molar refractivity (Wildman–Crippen MR) is 57.9 cm³/mol. The first kappa shape index (κ1) is 10.6. The van der Waals surface area contributed by atoms with Gasteiger partial charge in [0.1, 0.15) is 0 Å². The van der Waals surface area contributed by atoms with Crippen LogP contribution < -0.4 is 0 Å². The number of ketones is 1. The Morgan fingerprint density at radius 1 is 1.54 bits per heavy atom. The molecule has 0 aliphatic carbocycles. The number of carbonyl (C=O) groups excluding carboxylic acids is 1. The third-order valence-corrected chi connectivity index (χ3v) is 2.85. The van der Waals surface area contributed by atoms with E-state index in [1.54, 1.807) is 17.8 Å². The number of hydrogen-bond acceptors (Lipinski definition) is 2. The summed E-state index contributed by atoms with van der Waals surface area (Å²) in [5, 5.41) is 0.546. The van der Waals surface area contributed by atoms with Crippen LogP contribution >= 0.6 is 23.4 Å². The number of thioether (sulfide) groups is 1. The van der Waals surface area contributed by atoms with Crippen molar-refractivity contribution < 1.29 is 4.79 Å².